The van der Waals surface area contributed by atoms with Gasteiger partial charge in [-0.05, 0) is 78.6 Å². The van der Waals surface area contributed by atoms with Gasteiger partial charge in [-0.2, -0.15) is 5.26 Å². The van der Waals surface area contributed by atoms with Crippen molar-refractivity contribution in [1.29, 1.82) is 5.26 Å². The Bertz CT molecular complexity index is 1210. The van der Waals surface area contributed by atoms with Gasteiger partial charge in [0.15, 0.2) is 6.61 Å². The molecule has 0 unspecified atom stereocenters. The van der Waals surface area contributed by atoms with Gasteiger partial charge in [0, 0.05) is 17.8 Å². The molecular formula is C25H21N3O4. The third-order valence-corrected chi connectivity index (χ3v) is 4.86. The van der Waals surface area contributed by atoms with Crippen molar-refractivity contribution in [2.45, 2.75) is 13.8 Å². The van der Waals surface area contributed by atoms with Crippen LogP contribution in [0.5, 0.6) is 5.75 Å². The van der Waals surface area contributed by atoms with Crippen LogP contribution in [0.4, 0.5) is 11.4 Å². The minimum absolute atomic E-state index is 0.0332. The van der Waals surface area contributed by atoms with E-state index in [9.17, 15) is 20.2 Å². The van der Waals surface area contributed by atoms with E-state index in [4.69, 9.17) is 4.74 Å². The van der Waals surface area contributed by atoms with Crippen LogP contribution in [0.1, 0.15) is 22.3 Å². The van der Waals surface area contributed by atoms with Crippen molar-refractivity contribution < 1.29 is 14.5 Å². The lowest BCUT2D eigenvalue weighted by atomic mass is 10.0. The van der Waals surface area contributed by atoms with Crippen LogP contribution < -0.4 is 10.1 Å². The minimum Gasteiger partial charge on any atom is -0.484 e. The second-order valence-electron chi connectivity index (χ2n) is 7.18. The average Bonchev–Trinajstić information content (AvgIpc) is 2.79. The Morgan fingerprint density at radius 1 is 1.06 bits per heavy atom. The molecule has 0 fully saturated rings. The first kappa shape index (κ1) is 22.2. The van der Waals surface area contributed by atoms with Gasteiger partial charge in [0.1, 0.15) is 5.75 Å². The number of non-ortho nitro benzene ring substituents is 1. The van der Waals surface area contributed by atoms with Gasteiger partial charge in [-0.3, -0.25) is 14.9 Å². The molecule has 0 aliphatic rings. The summed E-state index contributed by atoms with van der Waals surface area (Å²) in [5.41, 5.74) is 4.65. The molecule has 0 saturated heterocycles. The van der Waals surface area contributed by atoms with E-state index in [1.165, 1.54) is 12.1 Å². The molecular weight excluding hydrogens is 406 g/mol. The zero-order valence-electron chi connectivity index (χ0n) is 17.7. The fraction of sp³-hybridized carbons (Fsp3) is 0.120. The Morgan fingerprint density at radius 2 is 1.75 bits per heavy atom. The summed E-state index contributed by atoms with van der Waals surface area (Å²) in [5, 5.41) is 23.0. The van der Waals surface area contributed by atoms with Crippen LogP contribution in [0, 0.1) is 35.3 Å². The Kier molecular flexibility index (Phi) is 6.99. The first-order chi connectivity index (χ1) is 15.4. The molecule has 0 saturated carbocycles. The molecule has 3 aromatic carbocycles. The second-order valence-corrected chi connectivity index (χ2v) is 7.18. The average molecular weight is 427 g/mol. The van der Waals surface area contributed by atoms with Crippen LogP contribution in [0.25, 0.3) is 11.6 Å². The van der Waals surface area contributed by atoms with E-state index in [2.05, 4.69) is 11.4 Å². The van der Waals surface area contributed by atoms with Gasteiger partial charge in [-0.1, -0.05) is 18.2 Å². The quantitative estimate of drug-likeness (QED) is 0.239. The number of nitriles is 1. The summed E-state index contributed by atoms with van der Waals surface area (Å²) in [4.78, 5) is 22.4. The monoisotopic (exact) mass is 427 g/mol. The van der Waals surface area contributed by atoms with Crippen LogP contribution in [0.3, 0.4) is 0 Å². The number of hydrogen-bond acceptors (Lipinski definition) is 5. The Labute approximate surface area is 185 Å². The number of benzene rings is 3. The van der Waals surface area contributed by atoms with Crippen molar-refractivity contribution in [3.05, 3.63) is 99.1 Å². The summed E-state index contributed by atoms with van der Waals surface area (Å²) in [6.07, 6.45) is 1.68. The van der Waals surface area contributed by atoms with Gasteiger partial charge in [-0.25, -0.2) is 0 Å². The van der Waals surface area contributed by atoms with E-state index >= 15 is 0 Å². The lowest BCUT2D eigenvalue weighted by Gasteiger charge is -2.09. The molecule has 160 valence electrons. The zero-order valence-corrected chi connectivity index (χ0v) is 17.7. The first-order valence-corrected chi connectivity index (χ1v) is 9.82. The van der Waals surface area contributed by atoms with Gasteiger partial charge < -0.3 is 10.1 Å². The topological polar surface area (TPSA) is 105 Å². The number of carbonyl (C=O) groups excluding carboxylic acids is 1. The van der Waals surface area contributed by atoms with Gasteiger partial charge in [-0.15, -0.1) is 0 Å². The van der Waals surface area contributed by atoms with Crippen molar-refractivity contribution in [2.75, 3.05) is 11.9 Å². The van der Waals surface area contributed by atoms with Crippen LogP contribution in [0.2, 0.25) is 0 Å². The normalized spacial score (nSPS) is 10.8. The molecule has 0 radical (unpaired) electrons. The largest absolute Gasteiger partial charge is 0.484 e. The number of ether oxygens (including phenoxy) is 1. The molecule has 32 heavy (non-hydrogen) atoms. The molecule has 3 aromatic rings. The minimum atomic E-state index is -0.486. The van der Waals surface area contributed by atoms with Crippen LogP contribution in [-0.4, -0.2) is 17.4 Å². The van der Waals surface area contributed by atoms with Crippen LogP contribution in [0.15, 0.2) is 66.7 Å². The Balaban J connectivity index is 1.61. The van der Waals surface area contributed by atoms with Gasteiger partial charge in [0.2, 0.25) is 0 Å². The number of amides is 1. The standard InChI is InChI=1S/C25H21N3O4/c1-17-3-8-22(13-18(17)2)27-25(29)16-32-24-11-4-19(5-12-24)14-21(15-26)20-6-9-23(10-7-20)28(30)31/h3-14H,16H2,1-2H3,(H,27,29)/b21-14+. The lowest BCUT2D eigenvalue weighted by molar-refractivity contribution is -0.384. The molecule has 1 N–H and O–H groups in total. The second kappa shape index (κ2) is 10.0. The molecule has 3 rings (SSSR count). The van der Waals surface area contributed by atoms with Crippen molar-refractivity contribution in [2.24, 2.45) is 0 Å². The van der Waals surface area contributed by atoms with E-state index in [-0.39, 0.29) is 18.2 Å². The Hall–Kier alpha value is -4.44. The third kappa shape index (κ3) is 5.80. The Morgan fingerprint density at radius 3 is 2.34 bits per heavy atom. The smallest absolute Gasteiger partial charge is 0.269 e. The number of allylic oxidation sites excluding steroid dienone is 1. The van der Waals surface area contributed by atoms with E-state index in [0.717, 1.165) is 22.4 Å². The van der Waals surface area contributed by atoms with Crippen molar-refractivity contribution in [1.82, 2.24) is 0 Å². The van der Waals surface area contributed by atoms with Gasteiger partial charge in [0.05, 0.1) is 16.6 Å². The number of nitro groups is 1. The summed E-state index contributed by atoms with van der Waals surface area (Å²) in [5.74, 6) is 0.258. The summed E-state index contributed by atoms with van der Waals surface area (Å²) in [7, 11) is 0. The van der Waals surface area contributed by atoms with E-state index in [0.29, 0.717) is 16.9 Å². The van der Waals surface area contributed by atoms with Crippen molar-refractivity contribution in [3.63, 3.8) is 0 Å². The summed E-state index contributed by atoms with van der Waals surface area (Å²) >= 11 is 0. The van der Waals surface area contributed by atoms with Crippen LogP contribution >= 0.6 is 0 Å². The van der Waals surface area contributed by atoms with Crippen molar-refractivity contribution >= 4 is 28.9 Å². The van der Waals surface area contributed by atoms with E-state index < -0.39 is 4.92 Å². The summed E-state index contributed by atoms with van der Waals surface area (Å²) < 4.78 is 5.54. The molecule has 1 amide bonds. The molecule has 0 spiro atoms. The first-order valence-electron chi connectivity index (χ1n) is 9.82. The number of hydrogen-bond donors (Lipinski definition) is 1. The van der Waals surface area contributed by atoms with Gasteiger partial charge >= 0.3 is 0 Å². The molecule has 0 aliphatic carbocycles. The highest BCUT2D eigenvalue weighted by Crippen LogP contribution is 2.22. The fourth-order valence-electron chi connectivity index (χ4n) is 2.93. The third-order valence-electron chi connectivity index (χ3n) is 4.86. The molecule has 0 aromatic heterocycles. The highest BCUT2D eigenvalue weighted by Gasteiger charge is 2.08. The number of aryl methyl sites for hydroxylation is 2. The number of rotatable bonds is 7. The fourth-order valence-corrected chi connectivity index (χ4v) is 2.93. The predicted molar refractivity (Wildman–Crippen MR) is 123 cm³/mol. The molecule has 7 heteroatoms. The lowest BCUT2D eigenvalue weighted by Crippen LogP contribution is -2.20. The molecule has 0 heterocycles. The maximum absolute atomic E-state index is 12.1. The highest BCUT2D eigenvalue weighted by atomic mass is 16.6. The molecule has 7 nitrogen and oxygen atoms in total. The van der Waals surface area contributed by atoms with Crippen molar-refractivity contribution in [3.8, 4) is 11.8 Å². The maximum Gasteiger partial charge on any atom is 0.269 e. The number of nitrogens with zero attached hydrogens (tertiary/aromatic N) is 2. The van der Waals surface area contributed by atoms with E-state index in [1.54, 1.807) is 42.5 Å². The molecule has 0 bridgehead atoms. The van der Waals surface area contributed by atoms with Crippen LogP contribution in [-0.2, 0) is 4.79 Å². The summed E-state index contributed by atoms with van der Waals surface area (Å²) in [6.45, 7) is 3.86. The molecule has 0 aliphatic heterocycles. The molecule has 0 atom stereocenters. The van der Waals surface area contributed by atoms with Gasteiger partial charge in [0.25, 0.3) is 11.6 Å². The number of nitro benzene ring substituents is 1. The predicted octanol–water partition coefficient (Wildman–Crippen LogP) is 5.29. The highest BCUT2D eigenvalue weighted by molar-refractivity contribution is 5.92. The number of nitrogens with one attached hydrogen (secondary N) is 1. The summed E-state index contributed by atoms with van der Waals surface area (Å²) in [6, 6.07) is 20.6. The SMILES string of the molecule is Cc1ccc(NC(=O)COc2ccc(/C=C(\C#N)c3ccc([N+](=O)[O-])cc3)cc2)cc1C. The number of anilines is 1. The van der Waals surface area contributed by atoms with E-state index in [1.807, 2.05) is 32.0 Å². The zero-order chi connectivity index (χ0) is 23.1. The maximum atomic E-state index is 12.1. The number of carbonyl (C=O) groups is 1.